The van der Waals surface area contributed by atoms with Crippen LogP contribution in [0.1, 0.15) is 5.69 Å². The Hall–Kier alpha value is -2.60. The van der Waals surface area contributed by atoms with E-state index in [1.807, 2.05) is 47.5 Å². The molecular formula is C19H22N4O2. The molecule has 6 nitrogen and oxygen atoms in total. The fourth-order valence-electron chi connectivity index (χ4n) is 3.21. The summed E-state index contributed by atoms with van der Waals surface area (Å²) in [6.45, 7) is 4.36. The first kappa shape index (κ1) is 15.9. The van der Waals surface area contributed by atoms with Crippen LogP contribution in [-0.4, -0.2) is 43.9 Å². The number of carbonyl (C=O) groups is 1. The highest BCUT2D eigenvalue weighted by Gasteiger charge is 2.27. The van der Waals surface area contributed by atoms with E-state index < -0.39 is 0 Å². The van der Waals surface area contributed by atoms with Gasteiger partial charge < -0.3 is 15.0 Å². The van der Waals surface area contributed by atoms with Crippen LogP contribution >= 0.6 is 0 Å². The van der Waals surface area contributed by atoms with Crippen molar-refractivity contribution in [1.29, 1.82) is 0 Å². The first-order chi connectivity index (χ1) is 12.3. The highest BCUT2D eigenvalue weighted by Crippen LogP contribution is 2.33. The molecule has 1 saturated heterocycles. The Labute approximate surface area is 147 Å². The second kappa shape index (κ2) is 7.11. The van der Waals surface area contributed by atoms with Gasteiger partial charge in [0.15, 0.2) is 0 Å². The Kier molecular flexibility index (Phi) is 4.52. The number of carbonyl (C=O) groups excluding carboxylic acids is 1. The normalized spacial score (nSPS) is 17.0. The summed E-state index contributed by atoms with van der Waals surface area (Å²) in [5.74, 6) is 0.449. The molecule has 2 aliphatic heterocycles. The van der Waals surface area contributed by atoms with Crippen LogP contribution in [0.4, 0.5) is 16.2 Å². The zero-order chi connectivity index (χ0) is 17.1. The number of fused-ring (bicyclic) bond motifs is 1. The molecule has 0 bridgehead atoms. The maximum Gasteiger partial charge on any atom is 0.322 e. The Bertz CT molecular complexity index is 733. The quantitative estimate of drug-likeness (QED) is 0.929. The summed E-state index contributed by atoms with van der Waals surface area (Å²) in [4.78, 5) is 21.1. The highest BCUT2D eigenvalue weighted by atomic mass is 16.5. The minimum absolute atomic E-state index is 0.0307. The van der Waals surface area contributed by atoms with Gasteiger partial charge in [-0.3, -0.25) is 9.88 Å². The predicted octanol–water partition coefficient (Wildman–Crippen LogP) is 2.26. The zero-order valence-corrected chi connectivity index (χ0v) is 14.1. The van der Waals surface area contributed by atoms with Gasteiger partial charge in [0.25, 0.3) is 0 Å². The van der Waals surface area contributed by atoms with Gasteiger partial charge in [-0.2, -0.15) is 0 Å². The maximum atomic E-state index is 12.6. The summed E-state index contributed by atoms with van der Waals surface area (Å²) >= 11 is 0. The number of ether oxygens (including phenoxy) is 1. The average Bonchev–Trinajstić information content (AvgIpc) is 2.61. The standard InChI is InChI=1S/C19H22N4O2/c24-19(21-11-15-13-25-14-15)23-10-9-22(12-16-5-3-4-8-20-16)17-6-1-2-7-18(17)23/h1-8,15H,9-14H2,(H,21,24). The lowest BCUT2D eigenvalue weighted by atomic mass is 10.1. The number of urea groups is 1. The van der Waals surface area contributed by atoms with Gasteiger partial charge in [0.1, 0.15) is 0 Å². The Morgan fingerprint density at radius 3 is 2.64 bits per heavy atom. The summed E-state index contributed by atoms with van der Waals surface area (Å²) in [5, 5.41) is 3.04. The zero-order valence-electron chi connectivity index (χ0n) is 14.1. The van der Waals surface area contributed by atoms with Crippen LogP contribution in [0, 0.1) is 5.92 Å². The first-order valence-electron chi connectivity index (χ1n) is 8.68. The third kappa shape index (κ3) is 3.44. The molecule has 0 radical (unpaired) electrons. The molecule has 130 valence electrons. The van der Waals surface area contributed by atoms with E-state index in [2.05, 4.69) is 21.3 Å². The molecule has 1 aromatic heterocycles. The summed E-state index contributed by atoms with van der Waals surface area (Å²) in [5.41, 5.74) is 3.05. The van der Waals surface area contributed by atoms with Crippen molar-refractivity contribution in [1.82, 2.24) is 10.3 Å². The number of rotatable bonds is 4. The molecule has 1 aromatic carbocycles. The van der Waals surface area contributed by atoms with Gasteiger partial charge in [0.2, 0.25) is 0 Å². The van der Waals surface area contributed by atoms with Crippen LogP contribution in [0.3, 0.4) is 0 Å². The molecule has 2 amide bonds. The predicted molar refractivity (Wildman–Crippen MR) is 96.8 cm³/mol. The molecule has 1 N–H and O–H groups in total. The molecule has 0 unspecified atom stereocenters. The minimum Gasteiger partial charge on any atom is -0.381 e. The first-order valence-corrected chi connectivity index (χ1v) is 8.68. The van der Waals surface area contributed by atoms with Gasteiger partial charge in [0.05, 0.1) is 36.8 Å². The summed E-state index contributed by atoms with van der Waals surface area (Å²) in [7, 11) is 0. The number of aromatic nitrogens is 1. The van der Waals surface area contributed by atoms with Crippen LogP contribution in [0.25, 0.3) is 0 Å². The van der Waals surface area contributed by atoms with Gasteiger partial charge in [-0.25, -0.2) is 4.79 Å². The van der Waals surface area contributed by atoms with Crippen molar-refractivity contribution in [2.24, 2.45) is 5.92 Å². The lowest BCUT2D eigenvalue weighted by Gasteiger charge is -2.38. The average molecular weight is 338 g/mol. The van der Waals surface area contributed by atoms with Gasteiger partial charge >= 0.3 is 6.03 Å². The van der Waals surface area contributed by atoms with E-state index in [0.29, 0.717) is 19.0 Å². The van der Waals surface area contributed by atoms with E-state index in [9.17, 15) is 4.79 Å². The molecule has 0 spiro atoms. The van der Waals surface area contributed by atoms with Crippen molar-refractivity contribution in [2.75, 3.05) is 42.6 Å². The number of hydrogen-bond donors (Lipinski definition) is 1. The number of hydrogen-bond acceptors (Lipinski definition) is 4. The van der Waals surface area contributed by atoms with Crippen LogP contribution in [0.15, 0.2) is 48.7 Å². The molecule has 1 fully saturated rings. The highest BCUT2D eigenvalue weighted by molar-refractivity contribution is 5.96. The fraction of sp³-hybridized carbons (Fsp3) is 0.368. The summed E-state index contributed by atoms with van der Waals surface area (Å²) in [6.07, 6.45) is 1.81. The van der Waals surface area contributed by atoms with E-state index in [1.165, 1.54) is 0 Å². The molecule has 2 aliphatic rings. The molecule has 0 aliphatic carbocycles. The van der Waals surface area contributed by atoms with Gasteiger partial charge in [-0.1, -0.05) is 18.2 Å². The molecule has 25 heavy (non-hydrogen) atoms. The van der Waals surface area contributed by atoms with Crippen molar-refractivity contribution in [3.63, 3.8) is 0 Å². The molecule has 0 atom stereocenters. The van der Waals surface area contributed by atoms with Crippen LogP contribution in [0.2, 0.25) is 0 Å². The number of para-hydroxylation sites is 2. The Balaban J connectivity index is 1.49. The monoisotopic (exact) mass is 338 g/mol. The lowest BCUT2D eigenvalue weighted by Crippen LogP contribution is -2.50. The second-order valence-corrected chi connectivity index (χ2v) is 6.47. The third-order valence-electron chi connectivity index (χ3n) is 4.68. The van der Waals surface area contributed by atoms with Gasteiger partial charge in [-0.05, 0) is 24.3 Å². The Morgan fingerprint density at radius 2 is 1.92 bits per heavy atom. The molecular weight excluding hydrogens is 316 g/mol. The lowest BCUT2D eigenvalue weighted by molar-refractivity contribution is -0.0293. The minimum atomic E-state index is -0.0307. The largest absolute Gasteiger partial charge is 0.381 e. The van der Waals surface area contributed by atoms with Crippen molar-refractivity contribution >= 4 is 17.4 Å². The number of nitrogens with one attached hydrogen (secondary N) is 1. The number of amides is 2. The fourth-order valence-corrected chi connectivity index (χ4v) is 3.21. The number of benzene rings is 1. The van der Waals surface area contributed by atoms with E-state index in [1.54, 1.807) is 0 Å². The van der Waals surface area contributed by atoms with Gasteiger partial charge in [0, 0.05) is 31.7 Å². The number of pyridine rings is 1. The Morgan fingerprint density at radius 1 is 1.12 bits per heavy atom. The van der Waals surface area contributed by atoms with Crippen molar-refractivity contribution in [3.05, 3.63) is 54.4 Å². The van der Waals surface area contributed by atoms with Crippen LogP contribution < -0.4 is 15.1 Å². The SMILES string of the molecule is O=C(NCC1COC1)N1CCN(Cc2ccccn2)c2ccccc21. The van der Waals surface area contributed by atoms with Gasteiger partial charge in [-0.15, -0.1) is 0 Å². The van der Waals surface area contributed by atoms with Crippen LogP contribution in [-0.2, 0) is 11.3 Å². The topological polar surface area (TPSA) is 57.7 Å². The van der Waals surface area contributed by atoms with E-state index in [0.717, 1.165) is 43.4 Å². The molecule has 4 rings (SSSR count). The third-order valence-corrected chi connectivity index (χ3v) is 4.68. The van der Waals surface area contributed by atoms with E-state index in [4.69, 9.17) is 4.74 Å². The number of nitrogens with zero attached hydrogens (tertiary/aromatic N) is 3. The maximum absolute atomic E-state index is 12.6. The van der Waals surface area contributed by atoms with Crippen molar-refractivity contribution < 1.29 is 9.53 Å². The van der Waals surface area contributed by atoms with Crippen LogP contribution in [0.5, 0.6) is 0 Å². The van der Waals surface area contributed by atoms with E-state index in [-0.39, 0.29) is 6.03 Å². The van der Waals surface area contributed by atoms with E-state index >= 15 is 0 Å². The molecule has 0 saturated carbocycles. The second-order valence-electron chi connectivity index (χ2n) is 6.47. The smallest absolute Gasteiger partial charge is 0.322 e. The molecule has 6 heteroatoms. The summed E-state index contributed by atoms with van der Waals surface area (Å²) < 4.78 is 5.16. The summed E-state index contributed by atoms with van der Waals surface area (Å²) in [6, 6.07) is 14.0. The molecule has 2 aromatic rings. The van der Waals surface area contributed by atoms with Crippen molar-refractivity contribution in [3.8, 4) is 0 Å². The van der Waals surface area contributed by atoms with Crippen molar-refractivity contribution in [2.45, 2.75) is 6.54 Å². The number of anilines is 2. The molecule has 3 heterocycles.